The van der Waals surface area contributed by atoms with E-state index in [0.29, 0.717) is 33.8 Å². The number of piperazine rings is 1. The molecule has 1 amide bonds. The van der Waals surface area contributed by atoms with E-state index in [9.17, 15) is 9.18 Å². The van der Waals surface area contributed by atoms with Crippen molar-refractivity contribution in [1.82, 2.24) is 24.7 Å². The molecule has 0 aliphatic carbocycles. The summed E-state index contributed by atoms with van der Waals surface area (Å²) in [5.74, 6) is -0.0200. The van der Waals surface area contributed by atoms with Crippen LogP contribution in [0.1, 0.15) is 15.9 Å². The second-order valence-corrected chi connectivity index (χ2v) is 9.30. The highest BCUT2D eigenvalue weighted by Crippen LogP contribution is 2.20. The van der Waals surface area contributed by atoms with Crippen LogP contribution in [0.2, 0.25) is 0 Å². The van der Waals surface area contributed by atoms with Crippen LogP contribution in [0, 0.1) is 5.82 Å². The molecule has 2 aromatic carbocycles. The van der Waals surface area contributed by atoms with E-state index in [2.05, 4.69) is 48.1 Å². The van der Waals surface area contributed by atoms with E-state index < -0.39 is 0 Å². The number of carbonyl (C=O) groups excluding carboxylic acids is 1. The Hall–Kier alpha value is -2.88. The number of anilines is 2. The second-order valence-electron chi connectivity index (χ2n) is 8.39. The fourth-order valence-electron chi connectivity index (χ4n) is 3.85. The summed E-state index contributed by atoms with van der Waals surface area (Å²) >= 11 is 3.30. The number of carbonyl (C=O) groups is 1. The third kappa shape index (κ3) is 6.59. The van der Waals surface area contributed by atoms with Crippen LogP contribution in [0.3, 0.4) is 0 Å². The van der Waals surface area contributed by atoms with E-state index in [0.717, 1.165) is 32.7 Å². The number of likely N-dealkylation sites (N-methyl/N-ethyl adjacent to an activating group) is 1. The summed E-state index contributed by atoms with van der Waals surface area (Å²) in [5.41, 5.74) is 1.73. The van der Waals surface area contributed by atoms with Gasteiger partial charge < -0.3 is 15.1 Å². The summed E-state index contributed by atoms with van der Waals surface area (Å²) in [6, 6.07) is 13.9. The van der Waals surface area contributed by atoms with Crippen LogP contribution in [0.5, 0.6) is 0 Å². The smallest absolute Gasteiger partial charge is 0.254 e. The van der Waals surface area contributed by atoms with Gasteiger partial charge in [-0.2, -0.15) is 0 Å². The Morgan fingerprint density at radius 3 is 2.59 bits per heavy atom. The molecule has 1 fully saturated rings. The minimum absolute atomic E-state index is 0.144. The van der Waals surface area contributed by atoms with E-state index in [1.54, 1.807) is 47.6 Å². The van der Waals surface area contributed by atoms with Crippen LogP contribution in [-0.2, 0) is 6.54 Å². The minimum atomic E-state index is -0.330. The standard InChI is InChI=1S/C25H28BrFN6O/c1-31-10-12-32(13-11-31)14-15-33(18-20-6-7-21(26)17-23(20)27)24(34)19-4-2-5-22(16-19)30-25-28-8-3-9-29-25/h2-9,16-17H,10-15,18H2,1H3,(H,28,29,30). The molecular weight excluding hydrogens is 499 g/mol. The number of hydrogen-bond donors (Lipinski definition) is 1. The van der Waals surface area contributed by atoms with Gasteiger partial charge in [0.2, 0.25) is 5.95 Å². The number of aromatic nitrogens is 2. The molecule has 2 heterocycles. The molecule has 34 heavy (non-hydrogen) atoms. The molecule has 0 bridgehead atoms. The Bertz CT molecular complexity index is 1110. The van der Waals surface area contributed by atoms with Crippen molar-refractivity contribution in [3.63, 3.8) is 0 Å². The summed E-state index contributed by atoms with van der Waals surface area (Å²) in [7, 11) is 2.12. The molecule has 1 aliphatic heterocycles. The molecule has 4 rings (SSSR count). The Kier molecular flexibility index (Phi) is 8.21. The lowest BCUT2D eigenvalue weighted by molar-refractivity contribution is 0.0699. The summed E-state index contributed by atoms with van der Waals surface area (Å²) in [4.78, 5) is 28.3. The fourth-order valence-corrected chi connectivity index (χ4v) is 4.18. The maximum Gasteiger partial charge on any atom is 0.254 e. The highest BCUT2D eigenvalue weighted by molar-refractivity contribution is 9.10. The number of halogens is 2. The van der Waals surface area contributed by atoms with Gasteiger partial charge in [-0.05, 0) is 43.4 Å². The van der Waals surface area contributed by atoms with Crippen molar-refractivity contribution in [1.29, 1.82) is 0 Å². The van der Waals surface area contributed by atoms with Gasteiger partial charge in [-0.15, -0.1) is 0 Å². The summed E-state index contributed by atoms with van der Waals surface area (Å²) < 4.78 is 15.3. The first-order chi connectivity index (χ1) is 16.5. The zero-order valence-electron chi connectivity index (χ0n) is 19.1. The van der Waals surface area contributed by atoms with Gasteiger partial charge in [-0.25, -0.2) is 14.4 Å². The average Bonchev–Trinajstić information content (AvgIpc) is 2.84. The van der Waals surface area contributed by atoms with Crippen LogP contribution in [0.15, 0.2) is 65.4 Å². The minimum Gasteiger partial charge on any atom is -0.333 e. The lowest BCUT2D eigenvalue weighted by atomic mass is 10.1. The maximum absolute atomic E-state index is 14.6. The molecular formula is C25H28BrFN6O. The van der Waals surface area contributed by atoms with Gasteiger partial charge in [0.05, 0.1) is 0 Å². The number of nitrogens with zero attached hydrogens (tertiary/aromatic N) is 5. The molecule has 3 aromatic rings. The van der Waals surface area contributed by atoms with Gasteiger partial charge in [0.25, 0.3) is 5.91 Å². The first-order valence-electron chi connectivity index (χ1n) is 11.3. The third-order valence-electron chi connectivity index (χ3n) is 5.88. The highest BCUT2D eigenvalue weighted by atomic mass is 79.9. The molecule has 7 nitrogen and oxygen atoms in total. The van der Waals surface area contributed by atoms with Gasteiger partial charge in [0.15, 0.2) is 0 Å². The molecule has 1 saturated heterocycles. The van der Waals surface area contributed by atoms with Gasteiger partial charge in [0.1, 0.15) is 5.82 Å². The van der Waals surface area contributed by atoms with Crippen molar-refractivity contribution in [2.45, 2.75) is 6.54 Å². The Balaban J connectivity index is 1.52. The fraction of sp³-hybridized carbons (Fsp3) is 0.320. The lowest BCUT2D eigenvalue weighted by Gasteiger charge is -2.34. The van der Waals surface area contributed by atoms with E-state index in [1.807, 2.05) is 12.1 Å². The third-order valence-corrected chi connectivity index (χ3v) is 6.37. The second kappa shape index (κ2) is 11.5. The van der Waals surface area contributed by atoms with Crippen molar-refractivity contribution < 1.29 is 9.18 Å². The van der Waals surface area contributed by atoms with E-state index >= 15 is 0 Å². The predicted octanol–water partition coefficient (Wildman–Crippen LogP) is 4.01. The number of nitrogens with one attached hydrogen (secondary N) is 1. The van der Waals surface area contributed by atoms with Gasteiger partial charge in [-0.1, -0.05) is 28.1 Å². The van der Waals surface area contributed by atoms with Crippen LogP contribution in [-0.4, -0.2) is 76.9 Å². The van der Waals surface area contributed by atoms with Crippen molar-refractivity contribution in [2.24, 2.45) is 0 Å². The van der Waals surface area contributed by atoms with Crippen LogP contribution >= 0.6 is 15.9 Å². The summed E-state index contributed by atoms with van der Waals surface area (Å²) in [6.45, 7) is 5.38. The largest absolute Gasteiger partial charge is 0.333 e. The Labute approximate surface area is 207 Å². The molecule has 1 N–H and O–H groups in total. The quantitative estimate of drug-likeness (QED) is 0.478. The van der Waals surface area contributed by atoms with Gasteiger partial charge in [-0.3, -0.25) is 9.69 Å². The lowest BCUT2D eigenvalue weighted by Crippen LogP contribution is -2.47. The molecule has 0 radical (unpaired) electrons. The number of hydrogen-bond acceptors (Lipinski definition) is 6. The average molecular weight is 527 g/mol. The normalized spacial score (nSPS) is 14.7. The molecule has 1 aliphatic rings. The van der Waals surface area contributed by atoms with Crippen molar-refractivity contribution in [2.75, 3.05) is 51.6 Å². The van der Waals surface area contributed by atoms with E-state index in [1.165, 1.54) is 6.07 Å². The SMILES string of the molecule is CN1CCN(CCN(Cc2ccc(Br)cc2F)C(=O)c2cccc(Nc3ncccn3)c2)CC1. The van der Waals surface area contributed by atoms with Gasteiger partial charge in [0, 0.05) is 79.5 Å². The van der Waals surface area contributed by atoms with E-state index in [-0.39, 0.29) is 18.3 Å². The van der Waals surface area contributed by atoms with Crippen LogP contribution < -0.4 is 5.32 Å². The maximum atomic E-state index is 14.6. The molecule has 0 spiro atoms. The molecule has 178 valence electrons. The van der Waals surface area contributed by atoms with Crippen molar-refractivity contribution in [3.05, 3.63) is 82.3 Å². The topological polar surface area (TPSA) is 64.6 Å². The molecule has 9 heteroatoms. The zero-order chi connectivity index (χ0) is 23.9. The monoisotopic (exact) mass is 526 g/mol. The van der Waals surface area contributed by atoms with Crippen molar-refractivity contribution >= 4 is 33.5 Å². The molecule has 0 atom stereocenters. The van der Waals surface area contributed by atoms with Crippen LogP contribution in [0.4, 0.5) is 16.0 Å². The van der Waals surface area contributed by atoms with E-state index in [4.69, 9.17) is 0 Å². The number of amides is 1. The first-order valence-corrected chi connectivity index (χ1v) is 12.1. The predicted molar refractivity (Wildman–Crippen MR) is 135 cm³/mol. The van der Waals surface area contributed by atoms with Crippen molar-refractivity contribution in [3.8, 4) is 0 Å². The Morgan fingerprint density at radius 2 is 1.85 bits per heavy atom. The number of rotatable bonds is 8. The highest BCUT2D eigenvalue weighted by Gasteiger charge is 2.21. The summed E-state index contributed by atoms with van der Waals surface area (Å²) in [5, 5.41) is 3.12. The van der Waals surface area contributed by atoms with Crippen LogP contribution in [0.25, 0.3) is 0 Å². The van der Waals surface area contributed by atoms with Gasteiger partial charge >= 0.3 is 0 Å². The molecule has 1 aromatic heterocycles. The molecule has 0 saturated carbocycles. The molecule has 0 unspecified atom stereocenters. The first kappa shape index (κ1) is 24.3. The summed E-state index contributed by atoms with van der Waals surface area (Å²) in [6.07, 6.45) is 3.30. The number of benzene rings is 2. The zero-order valence-corrected chi connectivity index (χ0v) is 20.7. The Morgan fingerprint density at radius 1 is 1.09 bits per heavy atom.